The van der Waals surface area contributed by atoms with Gasteiger partial charge in [0.1, 0.15) is 0 Å². The van der Waals surface area contributed by atoms with E-state index in [0.29, 0.717) is 18.5 Å². The van der Waals surface area contributed by atoms with E-state index in [0.717, 1.165) is 16.3 Å². The van der Waals surface area contributed by atoms with Gasteiger partial charge in [-0.25, -0.2) is 13.2 Å². The van der Waals surface area contributed by atoms with E-state index >= 15 is 0 Å². The molecule has 8 heteroatoms. The number of hydrogen-bond acceptors (Lipinski definition) is 6. The number of thiol groups is 1. The van der Waals surface area contributed by atoms with Crippen LogP contribution in [0.4, 0.5) is 0 Å². The van der Waals surface area contributed by atoms with Crippen LogP contribution < -0.4 is 0 Å². The van der Waals surface area contributed by atoms with Gasteiger partial charge in [0.2, 0.25) is 10.0 Å². The third-order valence-corrected chi connectivity index (χ3v) is 7.89. The Morgan fingerprint density at radius 1 is 1.06 bits per heavy atom. The molecule has 168 valence electrons. The fraction of sp³-hybridized carbons (Fsp3) is 0.292. The molecule has 0 spiro atoms. The van der Waals surface area contributed by atoms with Crippen LogP contribution in [0.25, 0.3) is 10.8 Å². The van der Waals surface area contributed by atoms with Gasteiger partial charge in [0.05, 0.1) is 30.8 Å². The second-order valence-corrected chi connectivity index (χ2v) is 10.5. The second-order valence-electron chi connectivity index (χ2n) is 7.83. The summed E-state index contributed by atoms with van der Waals surface area (Å²) < 4.78 is 38.9. The standard InChI is InChI=1S/C24H25NO5S2/c1-29-24(26)20-8-4-5-17(11-20)15-30-16-21-13-22(31)14-25(21)32(27,28)23-10-9-18-6-2-3-7-19(18)12-23/h2-12,21-22,31H,13-16H2,1H3/t21-,22+/m0/s1. The van der Waals surface area contributed by atoms with Crippen molar-refractivity contribution >= 4 is 39.4 Å². The van der Waals surface area contributed by atoms with Gasteiger partial charge in [-0.3, -0.25) is 0 Å². The van der Waals surface area contributed by atoms with E-state index in [1.807, 2.05) is 36.4 Å². The van der Waals surface area contributed by atoms with E-state index in [9.17, 15) is 13.2 Å². The summed E-state index contributed by atoms with van der Waals surface area (Å²) in [6.45, 7) is 0.846. The van der Waals surface area contributed by atoms with Crippen LogP contribution in [-0.2, 0) is 26.1 Å². The Balaban J connectivity index is 1.47. The minimum atomic E-state index is -3.69. The second kappa shape index (κ2) is 9.62. The molecule has 0 N–H and O–H groups in total. The van der Waals surface area contributed by atoms with Crippen molar-refractivity contribution in [3.05, 3.63) is 77.9 Å². The average molecular weight is 472 g/mol. The molecule has 0 amide bonds. The Morgan fingerprint density at radius 2 is 1.84 bits per heavy atom. The number of carbonyl (C=O) groups excluding carboxylic acids is 1. The Hall–Kier alpha value is -2.39. The van der Waals surface area contributed by atoms with Crippen LogP contribution in [0.2, 0.25) is 0 Å². The first-order valence-corrected chi connectivity index (χ1v) is 12.3. The Kier molecular flexibility index (Phi) is 6.85. The van der Waals surface area contributed by atoms with Gasteiger partial charge in [0, 0.05) is 17.8 Å². The normalized spacial score (nSPS) is 19.3. The maximum Gasteiger partial charge on any atom is 0.337 e. The maximum absolute atomic E-state index is 13.4. The largest absolute Gasteiger partial charge is 0.465 e. The molecule has 1 aliphatic heterocycles. The van der Waals surface area contributed by atoms with E-state index in [4.69, 9.17) is 9.47 Å². The third-order valence-electron chi connectivity index (χ3n) is 5.60. The SMILES string of the molecule is COC(=O)c1cccc(COC[C@@H]2C[C@@H](S)CN2S(=O)(=O)c2ccc3ccccc3c2)c1. The molecule has 0 saturated carbocycles. The highest BCUT2D eigenvalue weighted by atomic mass is 32.2. The zero-order chi connectivity index (χ0) is 22.7. The maximum atomic E-state index is 13.4. The monoisotopic (exact) mass is 471 g/mol. The van der Waals surface area contributed by atoms with E-state index in [2.05, 4.69) is 12.6 Å². The molecule has 0 unspecified atom stereocenters. The topological polar surface area (TPSA) is 72.9 Å². The Labute approximate surface area is 193 Å². The number of benzene rings is 3. The molecule has 1 heterocycles. The molecule has 3 aromatic rings. The van der Waals surface area contributed by atoms with Crippen LogP contribution in [0, 0.1) is 0 Å². The summed E-state index contributed by atoms with van der Waals surface area (Å²) in [7, 11) is -2.35. The van der Waals surface area contributed by atoms with Gasteiger partial charge in [-0.2, -0.15) is 16.9 Å². The highest BCUT2D eigenvalue weighted by Gasteiger charge is 2.39. The van der Waals surface area contributed by atoms with Crippen molar-refractivity contribution in [3.8, 4) is 0 Å². The Bertz CT molecular complexity index is 1230. The van der Waals surface area contributed by atoms with Crippen LogP contribution in [0.3, 0.4) is 0 Å². The molecule has 4 rings (SSSR count). The molecule has 2 atom stereocenters. The van der Waals surface area contributed by atoms with Gasteiger partial charge in [-0.15, -0.1) is 0 Å². The van der Waals surface area contributed by atoms with Crippen LogP contribution >= 0.6 is 12.6 Å². The highest BCUT2D eigenvalue weighted by molar-refractivity contribution is 7.89. The summed E-state index contributed by atoms with van der Waals surface area (Å²) in [5.41, 5.74) is 1.27. The average Bonchev–Trinajstić information content (AvgIpc) is 3.19. The van der Waals surface area contributed by atoms with Gasteiger partial charge < -0.3 is 9.47 Å². The molecule has 1 saturated heterocycles. The van der Waals surface area contributed by atoms with Crippen LogP contribution in [-0.4, -0.2) is 50.2 Å². The van der Waals surface area contributed by atoms with Crippen molar-refractivity contribution in [2.24, 2.45) is 0 Å². The predicted molar refractivity (Wildman–Crippen MR) is 126 cm³/mol. The highest BCUT2D eigenvalue weighted by Crippen LogP contribution is 2.30. The lowest BCUT2D eigenvalue weighted by molar-refractivity contribution is 0.0599. The smallest absolute Gasteiger partial charge is 0.337 e. The van der Waals surface area contributed by atoms with E-state index in [1.165, 1.54) is 11.4 Å². The fourth-order valence-corrected chi connectivity index (χ4v) is 6.22. The van der Waals surface area contributed by atoms with Gasteiger partial charge in [0.15, 0.2) is 0 Å². The van der Waals surface area contributed by atoms with Gasteiger partial charge >= 0.3 is 5.97 Å². The number of nitrogens with zero attached hydrogens (tertiary/aromatic N) is 1. The summed E-state index contributed by atoms with van der Waals surface area (Å²) in [5.74, 6) is -0.409. The molecular formula is C24H25NO5S2. The lowest BCUT2D eigenvalue weighted by Crippen LogP contribution is -2.38. The first-order chi connectivity index (χ1) is 15.4. The van der Waals surface area contributed by atoms with E-state index in [-0.39, 0.29) is 29.4 Å². The number of sulfonamides is 1. The minimum Gasteiger partial charge on any atom is -0.465 e. The van der Waals surface area contributed by atoms with Crippen molar-refractivity contribution < 1.29 is 22.7 Å². The lowest BCUT2D eigenvalue weighted by atomic mass is 10.1. The number of rotatable bonds is 7. The number of carbonyl (C=O) groups is 1. The quantitative estimate of drug-likeness (QED) is 0.418. The first kappa shape index (κ1) is 22.8. The van der Waals surface area contributed by atoms with Crippen molar-refractivity contribution in [1.29, 1.82) is 0 Å². The molecule has 3 aromatic carbocycles. The number of methoxy groups -OCH3 is 1. The van der Waals surface area contributed by atoms with Gasteiger partial charge in [-0.05, 0) is 47.0 Å². The zero-order valence-corrected chi connectivity index (χ0v) is 19.4. The number of esters is 1. The van der Waals surface area contributed by atoms with Crippen molar-refractivity contribution in [3.63, 3.8) is 0 Å². The van der Waals surface area contributed by atoms with Crippen molar-refractivity contribution in [2.75, 3.05) is 20.3 Å². The summed E-state index contributed by atoms with van der Waals surface area (Å²) in [4.78, 5) is 12.0. The van der Waals surface area contributed by atoms with Gasteiger partial charge in [-0.1, -0.05) is 42.5 Å². The molecule has 1 aliphatic rings. The number of fused-ring (bicyclic) bond motifs is 1. The first-order valence-electron chi connectivity index (χ1n) is 10.3. The lowest BCUT2D eigenvalue weighted by Gasteiger charge is -2.24. The molecular weight excluding hydrogens is 446 g/mol. The third kappa shape index (κ3) is 4.83. The molecule has 0 aromatic heterocycles. The fourth-order valence-electron chi connectivity index (χ4n) is 3.99. The number of hydrogen-bond donors (Lipinski definition) is 1. The molecule has 1 fully saturated rings. The Morgan fingerprint density at radius 3 is 2.62 bits per heavy atom. The molecule has 0 radical (unpaired) electrons. The molecule has 0 bridgehead atoms. The zero-order valence-electron chi connectivity index (χ0n) is 17.7. The number of ether oxygens (including phenoxy) is 2. The molecule has 32 heavy (non-hydrogen) atoms. The van der Waals surface area contributed by atoms with Crippen LogP contribution in [0.5, 0.6) is 0 Å². The van der Waals surface area contributed by atoms with Crippen molar-refractivity contribution in [2.45, 2.75) is 29.2 Å². The molecule has 6 nitrogen and oxygen atoms in total. The molecule has 0 aliphatic carbocycles. The van der Waals surface area contributed by atoms with Gasteiger partial charge in [0.25, 0.3) is 0 Å². The van der Waals surface area contributed by atoms with E-state index in [1.54, 1.807) is 30.3 Å². The summed E-state index contributed by atoms with van der Waals surface area (Å²) >= 11 is 4.54. The summed E-state index contributed by atoms with van der Waals surface area (Å²) in [5, 5.41) is 1.82. The van der Waals surface area contributed by atoms with Crippen molar-refractivity contribution in [1.82, 2.24) is 4.31 Å². The van der Waals surface area contributed by atoms with E-state index < -0.39 is 16.0 Å². The predicted octanol–water partition coefficient (Wildman–Crippen LogP) is 3.90. The summed E-state index contributed by atoms with van der Waals surface area (Å²) in [6, 6.07) is 19.6. The summed E-state index contributed by atoms with van der Waals surface area (Å²) in [6.07, 6.45) is 0.609. The van der Waals surface area contributed by atoms with Crippen LogP contribution in [0.15, 0.2) is 71.6 Å². The minimum absolute atomic E-state index is 0.0542. The van der Waals surface area contributed by atoms with Crippen LogP contribution in [0.1, 0.15) is 22.3 Å².